The van der Waals surface area contributed by atoms with Gasteiger partial charge in [-0.1, -0.05) is 109 Å². The van der Waals surface area contributed by atoms with E-state index in [1.165, 1.54) is 36.4 Å². The first kappa shape index (κ1) is 47.2. The standard InChI is InChI=1S/2C20H14N2O5S.Cr.2Na/c2*23-16-10-9-12-5-1-2-6-13(12)19(16)21-22-20-15-8-4-3-7-14(15)18(11-17(20)24)28(25,26)27;;;/h2*1-11,21,23H,(H,25,26,27);;;/q;;;2*+1/p-1. The zero-order valence-electron chi connectivity index (χ0n) is 32.0. The molecular formula is C40H27CrN4Na2O10S2+. The first-order chi connectivity index (χ1) is 26.7. The molecule has 0 saturated heterocycles. The number of phenolic OH excluding ortho intramolecular Hbond substituents is 2. The van der Waals surface area contributed by atoms with Gasteiger partial charge in [-0.25, -0.2) is 16.8 Å². The Hall–Kier alpha value is -4.45. The number of allylic oxidation sites excluding steroid dienone is 2. The van der Waals surface area contributed by atoms with E-state index >= 15 is 0 Å². The third-order valence-corrected chi connectivity index (χ3v) is 10.6. The molecule has 0 bridgehead atoms. The quantitative estimate of drug-likeness (QED) is 0.0736. The van der Waals surface area contributed by atoms with Crippen molar-refractivity contribution in [3.05, 3.63) is 156 Å². The average Bonchev–Trinajstić information content (AvgIpc) is 3.17. The summed E-state index contributed by atoms with van der Waals surface area (Å²) in [6.45, 7) is 0. The number of nitrogens with one attached hydrogen (secondary N) is 2. The second kappa shape index (κ2) is 19.3. The molecule has 2 aliphatic rings. The minimum atomic E-state index is -4.82. The molecule has 59 heavy (non-hydrogen) atoms. The van der Waals surface area contributed by atoms with E-state index in [2.05, 4.69) is 21.1 Å². The van der Waals surface area contributed by atoms with Crippen LogP contribution in [0.2, 0.25) is 0 Å². The van der Waals surface area contributed by atoms with Crippen molar-refractivity contribution in [2.45, 2.75) is 0 Å². The van der Waals surface area contributed by atoms with E-state index < -0.39 is 41.6 Å². The number of aromatic hydroxyl groups is 2. The molecule has 8 rings (SSSR count). The Labute approximate surface area is 394 Å². The average molecular weight is 886 g/mol. The SMILES string of the molecule is O=C1C=C(S(=O)(=O)[O-])c2ccccc2C1=NNc1c(O)ccc2ccccc12.O=C1C=C(S(=O)(=O)[O-])c2ccccc2C1=NNc1c(O)ccc2ccccc12.[Cr].[H+].[Na+].[Na+]. The van der Waals surface area contributed by atoms with Gasteiger partial charge in [0.25, 0.3) is 0 Å². The van der Waals surface area contributed by atoms with Gasteiger partial charge in [-0.2, -0.15) is 10.2 Å². The summed E-state index contributed by atoms with van der Waals surface area (Å²) < 4.78 is 69.0. The molecule has 0 amide bonds. The molecule has 19 heteroatoms. The van der Waals surface area contributed by atoms with Gasteiger partial charge < -0.3 is 19.3 Å². The fraction of sp³-hybridized carbons (Fsp3) is 0. The van der Waals surface area contributed by atoms with Crippen LogP contribution in [-0.4, -0.2) is 59.1 Å². The molecule has 14 nitrogen and oxygen atoms in total. The van der Waals surface area contributed by atoms with Crippen molar-refractivity contribution < 1.29 is 124 Å². The minimum absolute atomic E-state index is 0. The number of benzene rings is 6. The van der Waals surface area contributed by atoms with Gasteiger partial charge in [-0.05, 0) is 22.9 Å². The van der Waals surface area contributed by atoms with Crippen LogP contribution in [0.1, 0.15) is 23.7 Å². The zero-order chi connectivity index (χ0) is 39.8. The Morgan fingerprint density at radius 1 is 0.492 bits per heavy atom. The van der Waals surface area contributed by atoms with Crippen LogP contribution in [0.5, 0.6) is 11.5 Å². The van der Waals surface area contributed by atoms with Gasteiger partial charge in [-0.15, -0.1) is 0 Å². The predicted octanol–water partition coefficient (Wildman–Crippen LogP) is -0.221. The van der Waals surface area contributed by atoms with Gasteiger partial charge in [0.1, 0.15) is 54.5 Å². The molecule has 6 aromatic carbocycles. The second-order valence-electron chi connectivity index (χ2n) is 12.3. The maximum atomic E-state index is 12.5. The van der Waals surface area contributed by atoms with E-state index in [0.29, 0.717) is 22.1 Å². The van der Waals surface area contributed by atoms with Crippen LogP contribution in [0.15, 0.2) is 144 Å². The van der Waals surface area contributed by atoms with Crippen molar-refractivity contribution in [1.29, 1.82) is 0 Å². The first-order valence-electron chi connectivity index (χ1n) is 16.4. The summed E-state index contributed by atoms with van der Waals surface area (Å²) in [5.74, 6) is -1.56. The second-order valence-corrected chi connectivity index (χ2v) is 14.9. The third-order valence-electron chi connectivity index (χ3n) is 8.80. The van der Waals surface area contributed by atoms with E-state index in [0.717, 1.165) is 22.9 Å². The summed E-state index contributed by atoms with van der Waals surface area (Å²) in [5.41, 5.74) is 6.58. The molecule has 0 atom stereocenters. The molecule has 4 N–H and O–H groups in total. The van der Waals surface area contributed by atoms with Gasteiger partial charge in [0, 0.05) is 62.5 Å². The van der Waals surface area contributed by atoms with E-state index in [1.54, 1.807) is 60.7 Å². The van der Waals surface area contributed by atoms with Crippen LogP contribution in [0.4, 0.5) is 11.4 Å². The molecular weight excluding hydrogens is 859 g/mol. The van der Waals surface area contributed by atoms with Gasteiger partial charge in [0.2, 0.25) is 11.6 Å². The number of rotatable bonds is 6. The van der Waals surface area contributed by atoms with Crippen LogP contribution in [-0.2, 0) is 47.2 Å². The fourth-order valence-electron chi connectivity index (χ4n) is 6.23. The summed E-state index contributed by atoms with van der Waals surface area (Å²) in [7, 11) is -9.65. The number of ketones is 2. The maximum Gasteiger partial charge on any atom is 1.00 e. The summed E-state index contributed by atoms with van der Waals surface area (Å²) in [6.07, 6.45) is 1.54. The van der Waals surface area contributed by atoms with E-state index in [4.69, 9.17) is 0 Å². The molecule has 6 aromatic rings. The number of anilines is 2. The topological polar surface area (TPSA) is 238 Å². The number of nitrogens with zero attached hydrogens (tertiary/aromatic N) is 2. The Balaban J connectivity index is 0.000000300. The van der Waals surface area contributed by atoms with E-state index in [1.807, 2.05) is 24.3 Å². The van der Waals surface area contributed by atoms with E-state index in [9.17, 15) is 45.7 Å². The van der Waals surface area contributed by atoms with Crippen LogP contribution in [0.3, 0.4) is 0 Å². The molecule has 0 heterocycles. The first-order valence-corrected chi connectivity index (χ1v) is 19.3. The monoisotopic (exact) mass is 885 g/mol. The van der Waals surface area contributed by atoms with Crippen molar-refractivity contribution in [2.75, 3.05) is 10.9 Å². The fourth-order valence-corrected chi connectivity index (χ4v) is 7.63. The molecule has 0 radical (unpaired) electrons. The number of fused-ring (bicyclic) bond motifs is 4. The Morgan fingerprint density at radius 2 is 0.814 bits per heavy atom. The minimum Gasteiger partial charge on any atom is -0.744 e. The molecule has 2 aliphatic carbocycles. The smallest absolute Gasteiger partial charge is 0.744 e. The van der Waals surface area contributed by atoms with Crippen molar-refractivity contribution in [2.24, 2.45) is 10.2 Å². The van der Waals surface area contributed by atoms with Gasteiger partial charge in [-0.3, -0.25) is 20.4 Å². The van der Waals surface area contributed by atoms with Crippen LogP contribution in [0.25, 0.3) is 31.4 Å². The Morgan fingerprint density at radius 3 is 1.17 bits per heavy atom. The number of carbonyl (C=O) groups is 2. The summed E-state index contributed by atoms with van der Waals surface area (Å²) in [5, 5.41) is 31.7. The summed E-state index contributed by atoms with van der Waals surface area (Å²) >= 11 is 0. The van der Waals surface area contributed by atoms with Gasteiger partial charge in [0.15, 0.2) is 0 Å². The predicted molar refractivity (Wildman–Crippen MR) is 211 cm³/mol. The number of hydrazone groups is 2. The Kier molecular flexibility index (Phi) is 15.4. The molecule has 0 saturated carbocycles. The normalized spacial score (nSPS) is 14.6. The van der Waals surface area contributed by atoms with E-state index in [-0.39, 0.29) is 123 Å². The Bertz CT molecular complexity index is 2820. The summed E-state index contributed by atoms with van der Waals surface area (Å²) in [6, 6.07) is 33.4. The van der Waals surface area contributed by atoms with Crippen LogP contribution in [0, 0.1) is 0 Å². The largest absolute Gasteiger partial charge is 1.00 e. The van der Waals surface area contributed by atoms with Crippen molar-refractivity contribution >= 4 is 86.0 Å². The van der Waals surface area contributed by atoms with Gasteiger partial charge in [0.05, 0.1) is 9.81 Å². The molecule has 0 spiro atoms. The molecule has 0 aromatic heterocycles. The van der Waals surface area contributed by atoms with Gasteiger partial charge >= 0.3 is 60.5 Å². The van der Waals surface area contributed by atoms with Crippen LogP contribution < -0.4 is 70.0 Å². The van der Waals surface area contributed by atoms with Crippen molar-refractivity contribution in [3.63, 3.8) is 0 Å². The number of phenols is 2. The van der Waals surface area contributed by atoms with Crippen LogP contribution >= 0.6 is 0 Å². The summed E-state index contributed by atoms with van der Waals surface area (Å²) in [4.78, 5) is 23.8. The third kappa shape index (κ3) is 9.96. The molecule has 0 unspecified atom stereocenters. The number of hydrogen-bond donors (Lipinski definition) is 4. The zero-order valence-corrected chi connectivity index (χ0v) is 37.9. The number of hydrogen-bond acceptors (Lipinski definition) is 14. The van der Waals surface area contributed by atoms with Crippen molar-refractivity contribution in [1.82, 2.24) is 0 Å². The maximum absolute atomic E-state index is 12.5. The molecule has 0 fully saturated rings. The van der Waals surface area contributed by atoms with Crippen molar-refractivity contribution in [3.8, 4) is 11.5 Å². The molecule has 0 aliphatic heterocycles. The number of carbonyl (C=O) groups excluding carboxylic acids is 2. The molecule has 286 valence electrons.